The molecule has 0 radical (unpaired) electrons. The maximum absolute atomic E-state index is 10.9. The minimum absolute atomic E-state index is 0.310. The van der Waals surface area contributed by atoms with Crippen LogP contribution >= 0.6 is 0 Å². The maximum atomic E-state index is 10.9. The Labute approximate surface area is 59.3 Å². The topological polar surface area (TPSA) is 60.4 Å². The first-order chi connectivity index (χ1) is 4.38. The van der Waals surface area contributed by atoms with Gasteiger partial charge in [0, 0.05) is 0 Å². The third-order valence-corrected chi connectivity index (χ3v) is 3.55. The van der Waals surface area contributed by atoms with Crippen molar-refractivity contribution in [2.24, 2.45) is 0 Å². The molecule has 1 aliphatic heterocycles. The van der Waals surface area contributed by atoms with Crippen LogP contribution in [-0.2, 0) is 19.1 Å². The van der Waals surface area contributed by atoms with Crippen LogP contribution in [0, 0.1) is 0 Å². The van der Waals surface area contributed by atoms with Crippen LogP contribution in [0.5, 0.6) is 0 Å². The van der Waals surface area contributed by atoms with E-state index in [4.69, 9.17) is 0 Å². The monoisotopic (exact) mass is 164 g/mol. The Kier molecular flexibility index (Phi) is 1.38. The number of rotatable bonds is 0. The van der Waals surface area contributed by atoms with Crippen LogP contribution in [0.25, 0.3) is 0 Å². The molecule has 1 rings (SSSR count). The summed E-state index contributed by atoms with van der Waals surface area (Å²) >= 11 is 0. The molecule has 0 bridgehead atoms. The molecule has 0 spiro atoms. The Hall–Kier alpha value is -0.420. The number of Topliss-reactive ketones (excluding diaryl/α,β-unsaturated/α-hetero) is 1. The number of hydrogen-bond donors (Lipinski definition) is 0. The van der Waals surface area contributed by atoms with Gasteiger partial charge in [0.25, 0.3) is 10.1 Å². The lowest BCUT2D eigenvalue weighted by molar-refractivity contribution is -0.120. The van der Waals surface area contributed by atoms with E-state index in [1.165, 1.54) is 13.8 Å². The van der Waals surface area contributed by atoms with Crippen molar-refractivity contribution in [3.8, 4) is 0 Å². The smallest absolute Gasteiger partial charge is 0.280 e. The van der Waals surface area contributed by atoms with Crippen LogP contribution in [0.2, 0.25) is 0 Å². The summed E-state index contributed by atoms with van der Waals surface area (Å²) in [6.07, 6.45) is 0. The average Bonchev–Trinajstić information content (AvgIpc) is 1.94. The molecule has 0 N–H and O–H groups in total. The SMILES string of the molecule is CC1(C)C(=O)COS1(=O)=O. The van der Waals surface area contributed by atoms with Gasteiger partial charge in [0.15, 0.2) is 10.5 Å². The van der Waals surface area contributed by atoms with Crippen molar-refractivity contribution in [2.75, 3.05) is 6.61 Å². The third-order valence-electron chi connectivity index (χ3n) is 1.64. The van der Waals surface area contributed by atoms with Crippen LogP contribution < -0.4 is 0 Å². The van der Waals surface area contributed by atoms with Gasteiger partial charge in [-0.25, -0.2) is 0 Å². The second-order valence-corrected chi connectivity index (χ2v) is 4.81. The molecule has 0 saturated carbocycles. The molecule has 0 aliphatic carbocycles. The predicted octanol–water partition coefficient (Wildman–Crippen LogP) is -0.306. The first-order valence-corrected chi connectivity index (χ1v) is 4.21. The summed E-state index contributed by atoms with van der Waals surface area (Å²) in [5.41, 5.74) is 0. The van der Waals surface area contributed by atoms with Crippen LogP contribution in [-0.4, -0.2) is 25.6 Å². The highest BCUT2D eigenvalue weighted by molar-refractivity contribution is 7.89. The standard InChI is InChI=1S/C5H8O4S/c1-5(2)4(6)3-9-10(5,7)8/h3H2,1-2H3. The van der Waals surface area contributed by atoms with E-state index in [0.717, 1.165) is 0 Å². The van der Waals surface area contributed by atoms with Gasteiger partial charge in [-0.3, -0.25) is 8.98 Å². The maximum Gasteiger partial charge on any atom is 0.280 e. The molecule has 10 heavy (non-hydrogen) atoms. The van der Waals surface area contributed by atoms with Gasteiger partial charge in [-0.1, -0.05) is 0 Å². The normalized spacial score (nSPS) is 28.8. The van der Waals surface area contributed by atoms with Crippen LogP contribution in [0.4, 0.5) is 0 Å². The average molecular weight is 164 g/mol. The highest BCUT2D eigenvalue weighted by Gasteiger charge is 2.48. The molecule has 1 fully saturated rings. The number of hydrogen-bond acceptors (Lipinski definition) is 4. The summed E-state index contributed by atoms with van der Waals surface area (Å²) in [5.74, 6) is -0.382. The van der Waals surface area contributed by atoms with Gasteiger partial charge in [-0.15, -0.1) is 0 Å². The van der Waals surface area contributed by atoms with Crippen LogP contribution in [0.3, 0.4) is 0 Å². The van der Waals surface area contributed by atoms with Crippen molar-refractivity contribution in [1.82, 2.24) is 0 Å². The van der Waals surface area contributed by atoms with Crippen molar-refractivity contribution < 1.29 is 17.4 Å². The second-order valence-electron chi connectivity index (χ2n) is 2.65. The van der Waals surface area contributed by atoms with Gasteiger partial charge < -0.3 is 0 Å². The molecule has 0 aromatic carbocycles. The Bertz CT molecular complexity index is 261. The van der Waals surface area contributed by atoms with E-state index in [1.54, 1.807) is 0 Å². The molecular formula is C5H8O4S. The molecule has 0 atom stereocenters. The van der Waals surface area contributed by atoms with Crippen molar-refractivity contribution >= 4 is 15.9 Å². The minimum Gasteiger partial charge on any atom is -0.295 e. The molecule has 0 aromatic heterocycles. The molecule has 0 aromatic rings. The Morgan fingerprint density at radius 1 is 1.50 bits per heavy atom. The first-order valence-electron chi connectivity index (χ1n) is 2.80. The van der Waals surface area contributed by atoms with Crippen molar-refractivity contribution in [1.29, 1.82) is 0 Å². The van der Waals surface area contributed by atoms with E-state index in [2.05, 4.69) is 4.18 Å². The first kappa shape index (κ1) is 7.68. The highest BCUT2D eigenvalue weighted by Crippen LogP contribution is 2.25. The van der Waals surface area contributed by atoms with Crippen molar-refractivity contribution in [2.45, 2.75) is 18.6 Å². The van der Waals surface area contributed by atoms with Gasteiger partial charge in [-0.2, -0.15) is 8.42 Å². The number of carbonyl (C=O) groups excluding carboxylic acids is 1. The summed E-state index contributed by atoms with van der Waals surface area (Å²) in [6.45, 7) is 2.38. The van der Waals surface area contributed by atoms with Crippen molar-refractivity contribution in [3.05, 3.63) is 0 Å². The molecule has 1 aliphatic rings. The minimum atomic E-state index is -3.62. The number of carbonyl (C=O) groups is 1. The molecule has 0 unspecified atom stereocenters. The lowest BCUT2D eigenvalue weighted by Crippen LogP contribution is -2.33. The molecule has 1 heterocycles. The zero-order valence-electron chi connectivity index (χ0n) is 5.75. The van der Waals surface area contributed by atoms with Gasteiger partial charge in [0.2, 0.25) is 0 Å². The molecule has 58 valence electrons. The molecule has 0 amide bonds. The lowest BCUT2D eigenvalue weighted by Gasteiger charge is -2.09. The molecule has 5 heteroatoms. The van der Waals surface area contributed by atoms with Gasteiger partial charge in [0.05, 0.1) is 0 Å². The van der Waals surface area contributed by atoms with Crippen LogP contribution in [0.1, 0.15) is 13.8 Å². The fourth-order valence-corrected chi connectivity index (χ4v) is 1.49. The van der Waals surface area contributed by atoms with E-state index in [9.17, 15) is 13.2 Å². The summed E-state index contributed by atoms with van der Waals surface area (Å²) < 4.78 is 24.7. The molecular weight excluding hydrogens is 156 g/mol. The molecule has 4 nitrogen and oxygen atoms in total. The fraction of sp³-hybridized carbons (Fsp3) is 0.800. The molecule has 1 saturated heterocycles. The van der Waals surface area contributed by atoms with E-state index < -0.39 is 14.9 Å². The second kappa shape index (κ2) is 1.79. The van der Waals surface area contributed by atoms with Gasteiger partial charge in [-0.05, 0) is 13.8 Å². The highest BCUT2D eigenvalue weighted by atomic mass is 32.2. The summed E-state index contributed by atoms with van der Waals surface area (Å²) in [5, 5.41) is 0. The fourth-order valence-electron chi connectivity index (χ4n) is 0.592. The zero-order valence-corrected chi connectivity index (χ0v) is 6.56. The Balaban J connectivity index is 3.21. The van der Waals surface area contributed by atoms with E-state index in [1.807, 2.05) is 0 Å². The third kappa shape index (κ3) is 0.775. The van der Waals surface area contributed by atoms with Crippen molar-refractivity contribution in [3.63, 3.8) is 0 Å². The predicted molar refractivity (Wildman–Crippen MR) is 34.0 cm³/mol. The lowest BCUT2D eigenvalue weighted by atomic mass is 10.1. The summed E-state index contributed by atoms with van der Waals surface area (Å²) in [6, 6.07) is 0. The largest absolute Gasteiger partial charge is 0.295 e. The Morgan fingerprint density at radius 2 is 2.00 bits per heavy atom. The Morgan fingerprint density at radius 3 is 2.10 bits per heavy atom. The van der Waals surface area contributed by atoms with E-state index in [-0.39, 0.29) is 12.4 Å². The van der Waals surface area contributed by atoms with E-state index in [0.29, 0.717) is 0 Å². The van der Waals surface area contributed by atoms with Gasteiger partial charge >= 0.3 is 0 Å². The quantitative estimate of drug-likeness (QED) is 0.461. The van der Waals surface area contributed by atoms with Gasteiger partial charge in [0.1, 0.15) is 6.61 Å². The summed E-state index contributed by atoms with van der Waals surface area (Å²) in [7, 11) is -3.62. The zero-order chi connectivity index (χ0) is 7.99. The summed E-state index contributed by atoms with van der Waals surface area (Å²) in [4.78, 5) is 10.8. The van der Waals surface area contributed by atoms with Crippen LogP contribution in [0.15, 0.2) is 0 Å². The van der Waals surface area contributed by atoms with E-state index >= 15 is 0 Å². The number of ketones is 1.